The van der Waals surface area contributed by atoms with E-state index in [-0.39, 0.29) is 17.6 Å². The number of H-pyrrole nitrogens is 2. The largest absolute Gasteiger partial charge is 0.494 e. The number of nitrogens with one attached hydrogen (secondary N) is 2. The Hall–Kier alpha value is -2.49. The summed E-state index contributed by atoms with van der Waals surface area (Å²) in [6.45, 7) is 2.04. The Morgan fingerprint density at radius 1 is 1.29 bits per heavy atom. The van der Waals surface area contributed by atoms with Crippen molar-refractivity contribution in [1.29, 1.82) is 0 Å². The van der Waals surface area contributed by atoms with Crippen molar-refractivity contribution in [3.05, 3.63) is 59.2 Å². The van der Waals surface area contributed by atoms with E-state index in [4.69, 9.17) is 0 Å². The van der Waals surface area contributed by atoms with Gasteiger partial charge in [0.25, 0.3) is 0 Å². The van der Waals surface area contributed by atoms with Gasteiger partial charge in [0.05, 0.1) is 5.56 Å². The molecule has 1 atom stereocenters. The number of halogens is 1. The SMILES string of the molecule is CCC1C=C(c2ccc[nH]2)c2c(O)[nH]c3ccc(F)c1c23. The third-order valence-electron chi connectivity index (χ3n) is 4.27. The minimum absolute atomic E-state index is 0.00898. The van der Waals surface area contributed by atoms with Crippen LogP contribution >= 0.6 is 0 Å². The van der Waals surface area contributed by atoms with Crippen LogP contribution in [0.4, 0.5) is 4.39 Å². The first kappa shape index (κ1) is 12.3. The van der Waals surface area contributed by atoms with Gasteiger partial charge in [0.2, 0.25) is 0 Å². The van der Waals surface area contributed by atoms with Crippen molar-refractivity contribution >= 4 is 16.5 Å². The van der Waals surface area contributed by atoms with E-state index in [1.54, 1.807) is 6.07 Å². The standard InChI is InChI=1S/C17H15FN2O/c1-2-9-8-10(12-4-3-7-19-12)15-16-13(20-17(15)21)6-5-11(18)14(9)16/h3-9,19-21H,2H2,1H3. The second kappa shape index (κ2) is 4.25. The van der Waals surface area contributed by atoms with Gasteiger partial charge in [-0.3, -0.25) is 0 Å². The molecule has 1 aliphatic rings. The molecule has 3 aromatic rings. The quantitative estimate of drug-likeness (QED) is 0.645. The predicted molar refractivity (Wildman–Crippen MR) is 80.8 cm³/mol. The molecule has 0 radical (unpaired) electrons. The molecule has 1 aromatic carbocycles. The fraction of sp³-hybridized carbons (Fsp3) is 0.176. The summed E-state index contributed by atoms with van der Waals surface area (Å²) in [6.07, 6.45) is 4.70. The molecule has 2 heterocycles. The minimum Gasteiger partial charge on any atom is -0.494 e. The first-order valence-electron chi connectivity index (χ1n) is 7.09. The van der Waals surface area contributed by atoms with Crippen molar-refractivity contribution in [3.8, 4) is 5.88 Å². The zero-order valence-corrected chi connectivity index (χ0v) is 11.6. The molecule has 4 rings (SSSR count). The van der Waals surface area contributed by atoms with Crippen molar-refractivity contribution in [2.24, 2.45) is 0 Å². The molecule has 0 spiro atoms. The monoisotopic (exact) mass is 282 g/mol. The lowest BCUT2D eigenvalue weighted by Crippen LogP contribution is -2.06. The van der Waals surface area contributed by atoms with Crippen molar-refractivity contribution in [3.63, 3.8) is 0 Å². The molecule has 0 fully saturated rings. The van der Waals surface area contributed by atoms with Gasteiger partial charge in [-0.15, -0.1) is 0 Å². The summed E-state index contributed by atoms with van der Waals surface area (Å²) in [5.74, 6) is -0.113. The average Bonchev–Trinajstić information content (AvgIpc) is 3.12. The van der Waals surface area contributed by atoms with Gasteiger partial charge in [0.1, 0.15) is 5.82 Å². The molecule has 1 unspecified atom stereocenters. The van der Waals surface area contributed by atoms with E-state index in [1.165, 1.54) is 6.07 Å². The van der Waals surface area contributed by atoms with E-state index in [0.717, 1.165) is 28.6 Å². The highest BCUT2D eigenvalue weighted by Gasteiger charge is 2.29. The fourth-order valence-electron chi connectivity index (χ4n) is 3.31. The number of aromatic nitrogens is 2. The number of rotatable bonds is 2. The van der Waals surface area contributed by atoms with Gasteiger partial charge >= 0.3 is 0 Å². The van der Waals surface area contributed by atoms with Crippen molar-refractivity contribution in [2.75, 3.05) is 0 Å². The summed E-state index contributed by atoms with van der Waals surface area (Å²) in [4.78, 5) is 6.13. The molecular weight excluding hydrogens is 267 g/mol. The molecule has 4 heteroatoms. The van der Waals surface area contributed by atoms with Crippen LogP contribution in [0.15, 0.2) is 36.5 Å². The lowest BCUT2D eigenvalue weighted by atomic mass is 9.82. The summed E-state index contributed by atoms with van der Waals surface area (Å²) in [7, 11) is 0. The Morgan fingerprint density at radius 2 is 2.14 bits per heavy atom. The number of benzene rings is 1. The number of hydrogen-bond acceptors (Lipinski definition) is 1. The Labute approximate surface area is 121 Å². The molecule has 0 amide bonds. The normalized spacial score (nSPS) is 17.2. The summed E-state index contributed by atoms with van der Waals surface area (Å²) in [5, 5.41) is 11.1. The molecule has 3 nitrogen and oxygen atoms in total. The van der Waals surface area contributed by atoms with Crippen molar-refractivity contribution in [2.45, 2.75) is 19.3 Å². The average molecular weight is 282 g/mol. The summed E-state index contributed by atoms with van der Waals surface area (Å²) >= 11 is 0. The number of allylic oxidation sites excluding steroid dienone is 1. The third kappa shape index (κ3) is 1.59. The lowest BCUT2D eigenvalue weighted by Gasteiger charge is -2.22. The predicted octanol–water partition coefficient (Wildman–Crippen LogP) is 4.28. The maximum absolute atomic E-state index is 14.3. The highest BCUT2D eigenvalue weighted by molar-refractivity contribution is 6.03. The van der Waals surface area contributed by atoms with Crippen LogP contribution in [0.3, 0.4) is 0 Å². The molecule has 0 aliphatic heterocycles. The van der Waals surface area contributed by atoms with Gasteiger partial charge in [-0.1, -0.05) is 13.0 Å². The van der Waals surface area contributed by atoms with Crippen LogP contribution in [0.2, 0.25) is 0 Å². The lowest BCUT2D eigenvalue weighted by molar-refractivity contribution is 0.457. The van der Waals surface area contributed by atoms with Crippen LogP contribution in [0, 0.1) is 5.82 Å². The fourth-order valence-corrected chi connectivity index (χ4v) is 3.31. The zero-order chi connectivity index (χ0) is 14.6. The highest BCUT2D eigenvalue weighted by Crippen LogP contribution is 2.46. The first-order valence-corrected chi connectivity index (χ1v) is 7.09. The molecule has 106 valence electrons. The van der Waals surface area contributed by atoms with Crippen LogP contribution in [-0.4, -0.2) is 15.1 Å². The summed E-state index contributed by atoms with van der Waals surface area (Å²) in [6, 6.07) is 7.02. The number of aromatic amines is 2. The molecule has 3 N–H and O–H groups in total. The summed E-state index contributed by atoms with van der Waals surface area (Å²) < 4.78 is 14.3. The van der Waals surface area contributed by atoms with Crippen LogP contribution in [0.1, 0.15) is 36.1 Å². The zero-order valence-electron chi connectivity index (χ0n) is 11.6. The van der Waals surface area contributed by atoms with Crippen LogP contribution in [-0.2, 0) is 0 Å². The summed E-state index contributed by atoms with van der Waals surface area (Å²) in [5.41, 5.74) is 3.99. The molecule has 21 heavy (non-hydrogen) atoms. The van der Waals surface area contributed by atoms with E-state index in [9.17, 15) is 9.50 Å². The Bertz CT molecular complexity index is 859. The van der Waals surface area contributed by atoms with Gasteiger partial charge in [-0.05, 0) is 30.7 Å². The smallest absolute Gasteiger partial charge is 0.197 e. The molecule has 2 aromatic heterocycles. The second-order valence-electron chi connectivity index (χ2n) is 5.41. The molecule has 0 saturated carbocycles. The van der Waals surface area contributed by atoms with Gasteiger partial charge < -0.3 is 15.1 Å². The molecule has 0 saturated heterocycles. The van der Waals surface area contributed by atoms with Crippen LogP contribution in [0.25, 0.3) is 16.5 Å². The van der Waals surface area contributed by atoms with Gasteiger partial charge in [-0.2, -0.15) is 0 Å². The van der Waals surface area contributed by atoms with Crippen LogP contribution < -0.4 is 0 Å². The van der Waals surface area contributed by atoms with Gasteiger partial charge in [0.15, 0.2) is 5.88 Å². The van der Waals surface area contributed by atoms with Gasteiger partial charge in [0, 0.05) is 39.8 Å². The number of aromatic hydroxyl groups is 1. The third-order valence-corrected chi connectivity index (χ3v) is 4.27. The highest BCUT2D eigenvalue weighted by atomic mass is 19.1. The van der Waals surface area contributed by atoms with E-state index < -0.39 is 0 Å². The van der Waals surface area contributed by atoms with Crippen molar-refractivity contribution < 1.29 is 9.50 Å². The second-order valence-corrected chi connectivity index (χ2v) is 5.41. The number of hydrogen-bond donors (Lipinski definition) is 3. The maximum Gasteiger partial charge on any atom is 0.197 e. The Kier molecular flexibility index (Phi) is 2.48. The Morgan fingerprint density at radius 3 is 2.86 bits per heavy atom. The first-order chi connectivity index (χ1) is 10.2. The van der Waals surface area contributed by atoms with E-state index in [0.29, 0.717) is 11.1 Å². The molecule has 1 aliphatic carbocycles. The Balaban J connectivity index is 2.11. The topological polar surface area (TPSA) is 51.8 Å². The van der Waals surface area contributed by atoms with Crippen LogP contribution in [0.5, 0.6) is 5.88 Å². The van der Waals surface area contributed by atoms with E-state index >= 15 is 0 Å². The molecule has 0 bridgehead atoms. The minimum atomic E-state index is -0.212. The van der Waals surface area contributed by atoms with E-state index in [1.807, 2.05) is 31.3 Å². The van der Waals surface area contributed by atoms with Crippen molar-refractivity contribution in [1.82, 2.24) is 9.97 Å². The molecular formula is C17H15FN2O. The van der Waals surface area contributed by atoms with E-state index in [2.05, 4.69) is 9.97 Å². The maximum atomic E-state index is 14.3. The van der Waals surface area contributed by atoms with Gasteiger partial charge in [-0.25, -0.2) is 4.39 Å².